The molecule has 0 aromatic rings. The summed E-state index contributed by atoms with van der Waals surface area (Å²) in [5.74, 6) is -1.81. The highest BCUT2D eigenvalue weighted by Gasteiger charge is 2.25. The van der Waals surface area contributed by atoms with Gasteiger partial charge in [-0.2, -0.15) is 0 Å². The van der Waals surface area contributed by atoms with E-state index in [1.165, 1.54) is 44.9 Å². The van der Waals surface area contributed by atoms with E-state index in [1.807, 2.05) is 0 Å². The van der Waals surface area contributed by atoms with E-state index in [1.54, 1.807) is 21.1 Å². The van der Waals surface area contributed by atoms with Gasteiger partial charge in [0.15, 0.2) is 6.10 Å². The van der Waals surface area contributed by atoms with Gasteiger partial charge in [0.05, 0.1) is 40.3 Å². The molecule has 0 rings (SSSR count). The Morgan fingerprint density at radius 2 is 0.982 bits per heavy atom. The minimum atomic E-state index is -1.14. The Morgan fingerprint density at radius 1 is 0.544 bits per heavy atom. The lowest BCUT2D eigenvalue weighted by atomic mass is 10.1. The maximum Gasteiger partial charge on any atom is 0.306 e. The van der Waals surface area contributed by atoms with Crippen molar-refractivity contribution in [2.45, 2.75) is 180 Å². The van der Waals surface area contributed by atoms with E-state index in [2.05, 4.69) is 86.8 Å². The van der Waals surface area contributed by atoms with Crippen LogP contribution in [0.4, 0.5) is 0 Å². The highest BCUT2D eigenvalue weighted by Crippen LogP contribution is 2.12. The van der Waals surface area contributed by atoms with Gasteiger partial charge >= 0.3 is 11.9 Å². The van der Waals surface area contributed by atoms with Crippen molar-refractivity contribution in [1.29, 1.82) is 0 Å². The SMILES string of the molecule is CC/C=C/C/C=C/C/C=C/C/C=C/C/C=C/CCCCCC(=O)OC(COCCC(C(=O)[O-])[N+](C)(C)C)COC(=O)CCCCC/C=C/CCCCCCCCC. The molecule has 326 valence electrons. The number of allylic oxidation sites excluding steroid dienone is 12. The second kappa shape index (κ2) is 39.6. The van der Waals surface area contributed by atoms with Crippen molar-refractivity contribution in [3.63, 3.8) is 0 Å². The number of ether oxygens (including phenoxy) is 3. The molecule has 0 aliphatic carbocycles. The van der Waals surface area contributed by atoms with E-state index < -0.39 is 18.1 Å². The first kappa shape index (κ1) is 53.8. The van der Waals surface area contributed by atoms with Gasteiger partial charge in [-0.3, -0.25) is 9.59 Å². The molecule has 0 radical (unpaired) electrons. The van der Waals surface area contributed by atoms with Crippen molar-refractivity contribution in [3.05, 3.63) is 72.9 Å². The van der Waals surface area contributed by atoms with Crippen LogP contribution in [0.15, 0.2) is 72.9 Å². The fourth-order valence-electron chi connectivity index (χ4n) is 6.09. The molecule has 8 nitrogen and oxygen atoms in total. The third-order valence-corrected chi connectivity index (χ3v) is 9.58. The summed E-state index contributed by atoms with van der Waals surface area (Å²) in [6.45, 7) is 4.48. The Hall–Kier alpha value is -3.23. The largest absolute Gasteiger partial charge is 0.544 e. The zero-order valence-corrected chi connectivity index (χ0v) is 37.0. The highest BCUT2D eigenvalue weighted by molar-refractivity contribution is 5.70. The molecule has 0 aromatic carbocycles. The third kappa shape index (κ3) is 38.1. The molecule has 0 aliphatic rings. The van der Waals surface area contributed by atoms with E-state index in [4.69, 9.17) is 14.2 Å². The summed E-state index contributed by atoms with van der Waals surface area (Å²) in [5, 5.41) is 11.6. The summed E-state index contributed by atoms with van der Waals surface area (Å²) >= 11 is 0. The van der Waals surface area contributed by atoms with Crippen LogP contribution >= 0.6 is 0 Å². The normalized spacial score (nSPS) is 13.6. The van der Waals surface area contributed by atoms with Crippen LogP contribution in [-0.4, -0.2) is 75.5 Å². The summed E-state index contributed by atoms with van der Waals surface area (Å²) < 4.78 is 17.1. The minimum absolute atomic E-state index is 0.0190. The minimum Gasteiger partial charge on any atom is -0.544 e. The molecule has 2 atom stereocenters. The van der Waals surface area contributed by atoms with Crippen LogP contribution in [0.2, 0.25) is 0 Å². The number of rotatable bonds is 39. The van der Waals surface area contributed by atoms with Gasteiger partial charge in [0.25, 0.3) is 0 Å². The smallest absolute Gasteiger partial charge is 0.306 e. The molecule has 0 spiro atoms. The predicted molar refractivity (Wildman–Crippen MR) is 235 cm³/mol. The predicted octanol–water partition coefficient (Wildman–Crippen LogP) is 11.0. The Bertz CT molecular complexity index is 1160. The van der Waals surface area contributed by atoms with Gasteiger partial charge in [-0.1, -0.05) is 138 Å². The average molecular weight is 798 g/mol. The molecule has 0 aliphatic heterocycles. The number of carbonyl (C=O) groups excluding carboxylic acids is 3. The Morgan fingerprint density at radius 3 is 1.47 bits per heavy atom. The number of quaternary nitrogens is 1. The molecule has 0 N–H and O–H groups in total. The second-order valence-electron chi connectivity index (χ2n) is 15.9. The maximum atomic E-state index is 12.7. The summed E-state index contributed by atoms with van der Waals surface area (Å²) in [5.41, 5.74) is 0. The van der Waals surface area contributed by atoms with Crippen LogP contribution in [0.25, 0.3) is 0 Å². The molecule has 0 amide bonds. The Kier molecular flexibility index (Phi) is 37.3. The molecular formula is C49H83NO7. The van der Waals surface area contributed by atoms with E-state index >= 15 is 0 Å². The monoisotopic (exact) mass is 798 g/mol. The zero-order valence-electron chi connectivity index (χ0n) is 37.0. The number of aliphatic carboxylic acids is 1. The lowest BCUT2D eigenvalue weighted by molar-refractivity contribution is -0.889. The van der Waals surface area contributed by atoms with Gasteiger partial charge in [-0.15, -0.1) is 0 Å². The number of esters is 2. The van der Waals surface area contributed by atoms with E-state index in [0.717, 1.165) is 83.5 Å². The molecule has 0 fully saturated rings. The van der Waals surface area contributed by atoms with Gasteiger partial charge in [0.1, 0.15) is 12.6 Å². The molecule has 0 heterocycles. The summed E-state index contributed by atoms with van der Waals surface area (Å²) in [7, 11) is 5.38. The molecule has 2 unspecified atom stereocenters. The standard InChI is InChI=1S/C49H83NO7/c1-6-8-10-12-14-16-18-20-22-23-24-25-26-28-30-32-34-36-38-40-48(52)57-45(43-55-42-41-46(49(53)54)50(3,4)5)44-56-47(51)39-37-35-33-31-29-27-21-19-17-15-13-11-9-7-2/h8,10,14,16,20,22,24-25,27-30,45-46H,6-7,9,11-13,15,17-19,21,23,26,31-44H2,1-5H3/b10-8+,16-14+,22-20+,25-24+,29-27+,30-28+. The lowest BCUT2D eigenvalue weighted by Crippen LogP contribution is -2.55. The molecular weight excluding hydrogens is 715 g/mol. The quantitative estimate of drug-likeness (QED) is 0.0264. The van der Waals surface area contributed by atoms with Crippen LogP contribution in [-0.2, 0) is 28.6 Å². The number of unbranched alkanes of at least 4 members (excludes halogenated alkanes) is 13. The van der Waals surface area contributed by atoms with E-state index in [0.29, 0.717) is 12.8 Å². The van der Waals surface area contributed by atoms with Crippen molar-refractivity contribution < 1.29 is 38.2 Å². The molecule has 8 heteroatoms. The van der Waals surface area contributed by atoms with Crippen LogP contribution < -0.4 is 5.11 Å². The van der Waals surface area contributed by atoms with Gasteiger partial charge in [0, 0.05) is 19.3 Å². The van der Waals surface area contributed by atoms with E-state index in [-0.39, 0.29) is 49.1 Å². The molecule has 0 bridgehead atoms. The first-order valence-corrected chi connectivity index (χ1v) is 22.5. The molecule has 0 saturated carbocycles. The van der Waals surface area contributed by atoms with Crippen molar-refractivity contribution >= 4 is 17.9 Å². The van der Waals surface area contributed by atoms with Gasteiger partial charge < -0.3 is 28.6 Å². The number of carboxylic acids is 1. The Balaban J connectivity index is 4.44. The number of hydrogen-bond acceptors (Lipinski definition) is 7. The van der Waals surface area contributed by atoms with E-state index in [9.17, 15) is 19.5 Å². The summed E-state index contributed by atoms with van der Waals surface area (Å²) in [6.07, 6.45) is 49.3. The number of hydrogen-bond donors (Lipinski definition) is 0. The van der Waals surface area contributed by atoms with Crippen LogP contribution in [0.1, 0.15) is 168 Å². The maximum absolute atomic E-state index is 12.7. The van der Waals surface area contributed by atoms with Crippen molar-refractivity contribution in [2.24, 2.45) is 0 Å². The van der Waals surface area contributed by atoms with Crippen molar-refractivity contribution in [2.75, 3.05) is 41.0 Å². The number of carbonyl (C=O) groups is 3. The fourth-order valence-corrected chi connectivity index (χ4v) is 6.09. The third-order valence-electron chi connectivity index (χ3n) is 9.58. The average Bonchev–Trinajstić information content (AvgIpc) is 3.17. The van der Waals surface area contributed by atoms with Crippen molar-refractivity contribution in [3.8, 4) is 0 Å². The molecule has 0 saturated heterocycles. The number of nitrogens with zero attached hydrogens (tertiary/aromatic N) is 1. The van der Waals surface area contributed by atoms with Crippen LogP contribution in [0.5, 0.6) is 0 Å². The fraction of sp³-hybridized carbons (Fsp3) is 0.694. The lowest BCUT2D eigenvalue weighted by Gasteiger charge is -2.34. The van der Waals surface area contributed by atoms with Gasteiger partial charge in [-0.05, 0) is 83.5 Å². The topological polar surface area (TPSA) is 102 Å². The van der Waals surface area contributed by atoms with Gasteiger partial charge in [-0.25, -0.2) is 0 Å². The highest BCUT2D eigenvalue weighted by atomic mass is 16.6. The summed E-state index contributed by atoms with van der Waals surface area (Å²) in [6, 6.07) is -0.737. The first-order chi connectivity index (χ1) is 27.6. The number of likely N-dealkylation sites (N-methyl/N-ethyl adjacent to an activating group) is 1. The van der Waals surface area contributed by atoms with Crippen LogP contribution in [0.3, 0.4) is 0 Å². The van der Waals surface area contributed by atoms with Gasteiger partial charge in [0.2, 0.25) is 0 Å². The number of carboxylic acid groups (broad SMARTS) is 1. The zero-order chi connectivity index (χ0) is 42.1. The molecule has 0 aromatic heterocycles. The second-order valence-corrected chi connectivity index (χ2v) is 15.9. The van der Waals surface area contributed by atoms with Crippen LogP contribution in [0, 0.1) is 0 Å². The molecule has 57 heavy (non-hydrogen) atoms. The Labute approximate surface area is 349 Å². The first-order valence-electron chi connectivity index (χ1n) is 22.5. The summed E-state index contributed by atoms with van der Waals surface area (Å²) in [4.78, 5) is 36.9. The van der Waals surface area contributed by atoms with Crippen molar-refractivity contribution in [1.82, 2.24) is 0 Å².